The van der Waals surface area contributed by atoms with E-state index in [4.69, 9.17) is 23.2 Å². The summed E-state index contributed by atoms with van der Waals surface area (Å²) in [6.07, 6.45) is 0.969. The lowest BCUT2D eigenvalue weighted by molar-refractivity contribution is 0.125. The molecule has 0 bridgehead atoms. The Labute approximate surface area is 130 Å². The zero-order chi connectivity index (χ0) is 14.7. The van der Waals surface area contributed by atoms with Crippen LogP contribution in [0.15, 0.2) is 12.1 Å². The first-order valence-electron chi connectivity index (χ1n) is 7.14. The van der Waals surface area contributed by atoms with E-state index >= 15 is 0 Å². The number of rotatable bonds is 4. The lowest BCUT2D eigenvalue weighted by Gasteiger charge is -2.39. The van der Waals surface area contributed by atoms with Crippen LogP contribution in [0.4, 0.5) is 4.39 Å². The summed E-state index contributed by atoms with van der Waals surface area (Å²) in [5.41, 5.74) is 0.551. The van der Waals surface area contributed by atoms with Crippen LogP contribution in [0.2, 0.25) is 10.0 Å². The molecule has 112 valence electrons. The SMILES string of the molecule is CCC(C)[C@@H](c1c(F)ccc(Cl)c1Cl)N1CCNCC1. The van der Waals surface area contributed by atoms with Gasteiger partial charge in [0.25, 0.3) is 0 Å². The van der Waals surface area contributed by atoms with Crippen LogP contribution in [-0.4, -0.2) is 31.1 Å². The van der Waals surface area contributed by atoms with E-state index in [-0.39, 0.29) is 11.9 Å². The van der Waals surface area contributed by atoms with Gasteiger partial charge in [0, 0.05) is 37.8 Å². The Hall–Kier alpha value is -0.350. The topological polar surface area (TPSA) is 15.3 Å². The second-order valence-electron chi connectivity index (χ2n) is 5.37. The lowest BCUT2D eigenvalue weighted by Crippen LogP contribution is -2.46. The quantitative estimate of drug-likeness (QED) is 0.840. The molecule has 5 heteroatoms. The van der Waals surface area contributed by atoms with Crippen molar-refractivity contribution in [3.05, 3.63) is 33.6 Å². The van der Waals surface area contributed by atoms with Gasteiger partial charge in [-0.2, -0.15) is 0 Å². The highest BCUT2D eigenvalue weighted by molar-refractivity contribution is 6.42. The first kappa shape index (κ1) is 16.0. The highest BCUT2D eigenvalue weighted by Crippen LogP contribution is 2.39. The second-order valence-corrected chi connectivity index (χ2v) is 6.16. The van der Waals surface area contributed by atoms with Crippen LogP contribution in [0.25, 0.3) is 0 Å². The Balaban J connectivity index is 2.43. The standard InChI is InChI=1S/C15H21Cl2FN2/c1-3-10(2)15(20-8-6-19-7-9-20)13-12(18)5-4-11(16)14(13)17/h4-5,10,15,19H,3,6-9H2,1-2H3/t10?,15-/m0/s1. The number of hydrogen-bond acceptors (Lipinski definition) is 2. The lowest BCUT2D eigenvalue weighted by atomic mass is 9.90. The number of benzene rings is 1. The summed E-state index contributed by atoms with van der Waals surface area (Å²) in [4.78, 5) is 2.31. The molecule has 1 aromatic rings. The number of hydrogen-bond donors (Lipinski definition) is 1. The summed E-state index contributed by atoms with van der Waals surface area (Å²) in [5, 5.41) is 4.10. The third kappa shape index (κ3) is 3.28. The number of halogens is 3. The molecular weight excluding hydrogens is 298 g/mol. The van der Waals surface area contributed by atoms with Crippen molar-refractivity contribution in [2.75, 3.05) is 26.2 Å². The van der Waals surface area contributed by atoms with Crippen molar-refractivity contribution in [3.63, 3.8) is 0 Å². The Morgan fingerprint density at radius 1 is 1.30 bits per heavy atom. The molecule has 2 nitrogen and oxygen atoms in total. The van der Waals surface area contributed by atoms with Crippen LogP contribution in [-0.2, 0) is 0 Å². The van der Waals surface area contributed by atoms with E-state index in [2.05, 4.69) is 24.1 Å². The van der Waals surface area contributed by atoms with Crippen LogP contribution >= 0.6 is 23.2 Å². The van der Waals surface area contributed by atoms with Crippen molar-refractivity contribution in [1.82, 2.24) is 10.2 Å². The molecule has 0 spiro atoms. The Morgan fingerprint density at radius 3 is 2.55 bits per heavy atom. The largest absolute Gasteiger partial charge is 0.314 e. The maximum absolute atomic E-state index is 14.3. The van der Waals surface area contributed by atoms with Crippen molar-refractivity contribution in [2.24, 2.45) is 5.92 Å². The van der Waals surface area contributed by atoms with Crippen molar-refractivity contribution in [2.45, 2.75) is 26.3 Å². The predicted molar refractivity (Wildman–Crippen MR) is 83.1 cm³/mol. The summed E-state index contributed by atoms with van der Waals surface area (Å²) in [5.74, 6) is 0.0572. The maximum atomic E-state index is 14.3. The summed E-state index contributed by atoms with van der Waals surface area (Å²) in [6.45, 7) is 7.91. The van der Waals surface area contributed by atoms with Crippen molar-refractivity contribution in [1.29, 1.82) is 0 Å². The second kappa shape index (κ2) is 7.08. The average Bonchev–Trinajstić information content (AvgIpc) is 2.48. The molecule has 1 unspecified atom stereocenters. The molecule has 1 aliphatic rings. The van der Waals surface area contributed by atoms with Gasteiger partial charge in [0.05, 0.1) is 10.0 Å². The molecule has 2 atom stereocenters. The molecule has 20 heavy (non-hydrogen) atoms. The normalized spacial score (nSPS) is 19.9. The Kier molecular flexibility index (Phi) is 5.67. The van der Waals surface area contributed by atoms with Crippen LogP contribution < -0.4 is 5.32 Å². The molecule has 0 amide bonds. The van der Waals surface area contributed by atoms with E-state index in [0.29, 0.717) is 21.5 Å². The first-order valence-corrected chi connectivity index (χ1v) is 7.90. The van der Waals surface area contributed by atoms with Crippen LogP contribution in [0.1, 0.15) is 31.9 Å². The number of nitrogens with one attached hydrogen (secondary N) is 1. The van der Waals surface area contributed by atoms with Crippen molar-refractivity contribution < 1.29 is 4.39 Å². The Morgan fingerprint density at radius 2 is 1.95 bits per heavy atom. The van der Waals surface area contributed by atoms with Crippen LogP contribution in [0, 0.1) is 11.7 Å². The van der Waals surface area contributed by atoms with Crippen LogP contribution in [0.5, 0.6) is 0 Å². The summed E-state index contributed by atoms with van der Waals surface area (Å²) < 4.78 is 14.3. The third-order valence-corrected chi connectivity index (χ3v) is 4.92. The molecule has 1 heterocycles. The van der Waals surface area contributed by atoms with E-state index in [0.717, 1.165) is 32.6 Å². The minimum atomic E-state index is -0.261. The fraction of sp³-hybridized carbons (Fsp3) is 0.600. The molecule has 1 saturated heterocycles. The summed E-state index contributed by atoms with van der Waals surface area (Å²) in [7, 11) is 0. The molecule has 0 aliphatic carbocycles. The molecule has 1 N–H and O–H groups in total. The molecule has 1 fully saturated rings. The van der Waals surface area contributed by atoms with Gasteiger partial charge in [0.2, 0.25) is 0 Å². The number of nitrogens with zero attached hydrogens (tertiary/aromatic N) is 1. The number of piperazine rings is 1. The zero-order valence-corrected chi connectivity index (χ0v) is 13.4. The van der Waals surface area contributed by atoms with Crippen molar-refractivity contribution >= 4 is 23.2 Å². The first-order chi connectivity index (χ1) is 9.56. The van der Waals surface area contributed by atoms with E-state index in [1.807, 2.05) is 0 Å². The molecule has 2 rings (SSSR count). The highest BCUT2D eigenvalue weighted by atomic mass is 35.5. The summed E-state index contributed by atoms with van der Waals surface area (Å²) >= 11 is 12.4. The molecule has 1 aromatic carbocycles. The smallest absolute Gasteiger partial charge is 0.129 e. The van der Waals surface area contributed by atoms with Gasteiger partial charge < -0.3 is 5.32 Å². The minimum Gasteiger partial charge on any atom is -0.314 e. The van der Waals surface area contributed by atoms with Gasteiger partial charge in [0.15, 0.2) is 0 Å². The van der Waals surface area contributed by atoms with Gasteiger partial charge in [-0.15, -0.1) is 0 Å². The maximum Gasteiger partial charge on any atom is 0.129 e. The molecular formula is C15H21Cl2FN2. The highest BCUT2D eigenvalue weighted by Gasteiger charge is 2.31. The molecule has 0 radical (unpaired) electrons. The zero-order valence-electron chi connectivity index (χ0n) is 11.9. The van der Waals surface area contributed by atoms with Crippen molar-refractivity contribution in [3.8, 4) is 0 Å². The van der Waals surface area contributed by atoms with Gasteiger partial charge in [-0.1, -0.05) is 43.5 Å². The van der Waals surface area contributed by atoms with Crippen LogP contribution in [0.3, 0.4) is 0 Å². The van der Waals surface area contributed by atoms with E-state index < -0.39 is 0 Å². The average molecular weight is 319 g/mol. The van der Waals surface area contributed by atoms with E-state index in [1.54, 1.807) is 0 Å². The molecule has 1 aliphatic heterocycles. The fourth-order valence-corrected chi connectivity index (χ4v) is 3.25. The van der Waals surface area contributed by atoms with Gasteiger partial charge in [-0.25, -0.2) is 4.39 Å². The van der Waals surface area contributed by atoms with E-state index in [1.165, 1.54) is 12.1 Å². The van der Waals surface area contributed by atoms with E-state index in [9.17, 15) is 4.39 Å². The monoisotopic (exact) mass is 318 g/mol. The predicted octanol–water partition coefficient (Wildman–Crippen LogP) is 4.12. The van der Waals surface area contributed by atoms with Gasteiger partial charge in [0.1, 0.15) is 5.82 Å². The third-order valence-electron chi connectivity index (χ3n) is 4.10. The fourth-order valence-electron chi connectivity index (χ4n) is 2.82. The molecule has 0 aromatic heterocycles. The molecule has 0 saturated carbocycles. The summed E-state index contributed by atoms with van der Waals surface area (Å²) in [6, 6.07) is 2.92. The Bertz CT molecular complexity index is 461. The van der Waals surface area contributed by atoms with Gasteiger partial charge in [-0.3, -0.25) is 4.90 Å². The van der Waals surface area contributed by atoms with Gasteiger partial charge >= 0.3 is 0 Å². The minimum absolute atomic E-state index is 0.0201. The van der Waals surface area contributed by atoms with Gasteiger partial charge in [-0.05, 0) is 18.1 Å².